The summed E-state index contributed by atoms with van der Waals surface area (Å²) >= 11 is 1.70. The molecule has 2 nitrogen and oxygen atoms in total. The summed E-state index contributed by atoms with van der Waals surface area (Å²) in [6, 6.07) is 0. The molecule has 1 heterocycles. The zero-order valence-electron chi connectivity index (χ0n) is 10.2. The number of rotatable bonds is 3. The molecule has 1 unspecified atom stereocenters. The summed E-state index contributed by atoms with van der Waals surface area (Å²) < 4.78 is 0. The Morgan fingerprint density at radius 1 is 1.40 bits per heavy atom. The third-order valence-electron chi connectivity index (χ3n) is 2.54. The van der Waals surface area contributed by atoms with Crippen LogP contribution in [0.25, 0.3) is 0 Å². The van der Waals surface area contributed by atoms with Crippen LogP contribution in [0.5, 0.6) is 0 Å². The van der Waals surface area contributed by atoms with E-state index in [1.165, 1.54) is 0 Å². The van der Waals surface area contributed by atoms with Crippen molar-refractivity contribution in [3.8, 4) is 0 Å². The van der Waals surface area contributed by atoms with Gasteiger partial charge in [-0.15, -0.1) is 11.3 Å². The summed E-state index contributed by atoms with van der Waals surface area (Å²) in [5.74, 6) is 0.613. The van der Waals surface area contributed by atoms with Crippen molar-refractivity contribution < 1.29 is 5.11 Å². The average Bonchev–Trinajstić information content (AvgIpc) is 2.52. The molecule has 1 N–H and O–H groups in total. The van der Waals surface area contributed by atoms with Gasteiger partial charge in [0.15, 0.2) is 0 Å². The number of thiazole rings is 1. The Hall–Kier alpha value is -0.410. The highest BCUT2D eigenvalue weighted by Crippen LogP contribution is 2.30. The molecule has 3 heteroatoms. The summed E-state index contributed by atoms with van der Waals surface area (Å²) in [4.78, 5) is 4.63. The fourth-order valence-corrected chi connectivity index (χ4v) is 2.42. The van der Waals surface area contributed by atoms with Gasteiger partial charge in [0.05, 0.1) is 17.3 Å². The van der Waals surface area contributed by atoms with Gasteiger partial charge in [-0.25, -0.2) is 4.98 Å². The zero-order chi connectivity index (χ0) is 11.6. The van der Waals surface area contributed by atoms with E-state index < -0.39 is 0 Å². The molecule has 0 fully saturated rings. The van der Waals surface area contributed by atoms with E-state index in [0.717, 1.165) is 10.7 Å². The Bertz CT molecular complexity index is 312. The number of hydrogen-bond donors (Lipinski definition) is 1. The number of hydrogen-bond acceptors (Lipinski definition) is 3. The van der Waals surface area contributed by atoms with E-state index in [1.807, 2.05) is 0 Å². The molecule has 0 radical (unpaired) electrons. The van der Waals surface area contributed by atoms with Crippen molar-refractivity contribution in [1.29, 1.82) is 0 Å². The number of aliphatic hydroxyl groups excluding tert-OH is 1. The predicted molar refractivity (Wildman–Crippen MR) is 65.5 cm³/mol. The maximum Gasteiger partial charge on any atom is 0.0982 e. The highest BCUT2D eigenvalue weighted by atomic mass is 32.1. The third kappa shape index (κ3) is 3.02. The first-order valence-electron chi connectivity index (χ1n) is 5.43. The minimum atomic E-state index is 0.111. The van der Waals surface area contributed by atoms with Gasteiger partial charge in [-0.1, -0.05) is 34.6 Å². The van der Waals surface area contributed by atoms with E-state index in [9.17, 15) is 5.11 Å². The highest BCUT2D eigenvalue weighted by molar-refractivity contribution is 7.09. The Morgan fingerprint density at radius 2 is 2.00 bits per heavy atom. The second-order valence-electron chi connectivity index (χ2n) is 5.36. The van der Waals surface area contributed by atoms with Gasteiger partial charge in [0.1, 0.15) is 0 Å². The van der Waals surface area contributed by atoms with Crippen LogP contribution in [0.4, 0.5) is 0 Å². The lowest BCUT2D eigenvalue weighted by Crippen LogP contribution is -2.14. The van der Waals surface area contributed by atoms with Gasteiger partial charge in [0, 0.05) is 16.7 Å². The molecule has 0 aromatic carbocycles. The van der Waals surface area contributed by atoms with Crippen LogP contribution in [0, 0.1) is 5.92 Å². The lowest BCUT2D eigenvalue weighted by Gasteiger charge is -2.17. The quantitative estimate of drug-likeness (QED) is 0.860. The molecule has 1 aromatic rings. The van der Waals surface area contributed by atoms with E-state index in [-0.39, 0.29) is 17.9 Å². The summed E-state index contributed by atoms with van der Waals surface area (Å²) in [5.41, 5.74) is 1.15. The highest BCUT2D eigenvalue weighted by Gasteiger charge is 2.22. The van der Waals surface area contributed by atoms with Crippen LogP contribution in [0.3, 0.4) is 0 Å². The molecule has 0 aliphatic rings. The summed E-state index contributed by atoms with van der Waals surface area (Å²) in [6.07, 6.45) is 0. The minimum Gasteiger partial charge on any atom is -0.396 e. The van der Waals surface area contributed by atoms with Crippen LogP contribution in [0.2, 0.25) is 0 Å². The van der Waals surface area contributed by atoms with Crippen LogP contribution in [-0.4, -0.2) is 16.7 Å². The molecule has 0 spiro atoms. The number of aliphatic hydroxyl groups is 1. The van der Waals surface area contributed by atoms with Crippen molar-refractivity contribution in [2.75, 3.05) is 6.61 Å². The fourth-order valence-electron chi connectivity index (χ4n) is 1.45. The van der Waals surface area contributed by atoms with Gasteiger partial charge in [0.25, 0.3) is 0 Å². The number of nitrogens with zero attached hydrogens (tertiary/aromatic N) is 1. The number of aromatic nitrogens is 1. The first-order chi connectivity index (χ1) is 6.86. The van der Waals surface area contributed by atoms with E-state index in [0.29, 0.717) is 5.92 Å². The first kappa shape index (κ1) is 12.7. The molecule has 0 aliphatic carbocycles. The zero-order valence-corrected chi connectivity index (χ0v) is 11.1. The van der Waals surface area contributed by atoms with Crippen molar-refractivity contribution in [3.63, 3.8) is 0 Å². The Labute approximate surface area is 96.4 Å². The monoisotopic (exact) mass is 227 g/mol. The van der Waals surface area contributed by atoms with Crippen molar-refractivity contribution in [1.82, 2.24) is 4.98 Å². The van der Waals surface area contributed by atoms with Crippen LogP contribution in [-0.2, 0) is 5.41 Å². The van der Waals surface area contributed by atoms with Crippen molar-refractivity contribution in [2.45, 2.75) is 46.0 Å². The molecule has 1 atom stereocenters. The smallest absolute Gasteiger partial charge is 0.0982 e. The summed E-state index contributed by atoms with van der Waals surface area (Å²) in [6.45, 7) is 10.9. The van der Waals surface area contributed by atoms with Gasteiger partial charge in [-0.05, 0) is 5.92 Å². The molecule has 0 saturated heterocycles. The van der Waals surface area contributed by atoms with E-state index >= 15 is 0 Å². The molecule has 0 bridgehead atoms. The van der Waals surface area contributed by atoms with Gasteiger partial charge < -0.3 is 5.11 Å². The van der Waals surface area contributed by atoms with Crippen molar-refractivity contribution in [3.05, 3.63) is 16.1 Å². The van der Waals surface area contributed by atoms with E-state index in [1.54, 1.807) is 11.3 Å². The van der Waals surface area contributed by atoms with E-state index in [2.05, 4.69) is 45.0 Å². The van der Waals surface area contributed by atoms with Gasteiger partial charge >= 0.3 is 0 Å². The first-order valence-corrected chi connectivity index (χ1v) is 6.31. The molecule has 1 rings (SSSR count). The van der Waals surface area contributed by atoms with Crippen molar-refractivity contribution in [2.24, 2.45) is 5.92 Å². The second-order valence-corrected chi connectivity index (χ2v) is 6.22. The Morgan fingerprint density at radius 3 is 2.33 bits per heavy atom. The third-order valence-corrected chi connectivity index (χ3v) is 3.83. The molecule has 1 aromatic heterocycles. The second kappa shape index (κ2) is 4.62. The Kier molecular flexibility index (Phi) is 3.90. The standard InChI is InChI=1S/C12H21NOS/c1-8(2)9(6-14)10-7-15-11(13-10)12(3,4)5/h7-9,14H,6H2,1-5H3. The van der Waals surface area contributed by atoms with E-state index in [4.69, 9.17) is 0 Å². The predicted octanol–water partition coefficient (Wildman–Crippen LogP) is 3.17. The van der Waals surface area contributed by atoms with Crippen LogP contribution < -0.4 is 0 Å². The lowest BCUT2D eigenvalue weighted by atomic mass is 9.93. The molecular weight excluding hydrogens is 206 g/mol. The van der Waals surface area contributed by atoms with Crippen molar-refractivity contribution >= 4 is 11.3 Å². The molecule has 15 heavy (non-hydrogen) atoms. The summed E-state index contributed by atoms with van der Waals surface area (Å²) in [5, 5.41) is 12.6. The normalized spacial score (nSPS) is 14.6. The molecule has 0 aliphatic heterocycles. The largest absolute Gasteiger partial charge is 0.396 e. The van der Waals surface area contributed by atoms with Gasteiger partial charge in [-0.2, -0.15) is 0 Å². The molecule has 86 valence electrons. The molecule has 0 saturated carbocycles. The minimum absolute atomic E-state index is 0.111. The lowest BCUT2D eigenvalue weighted by molar-refractivity contribution is 0.235. The topological polar surface area (TPSA) is 33.1 Å². The maximum absolute atomic E-state index is 9.33. The van der Waals surface area contributed by atoms with Gasteiger partial charge in [-0.3, -0.25) is 0 Å². The Balaban J connectivity index is 2.92. The molecule has 0 amide bonds. The molecular formula is C12H21NOS. The summed E-state index contributed by atoms with van der Waals surface area (Å²) in [7, 11) is 0. The SMILES string of the molecule is CC(C)C(CO)c1csc(C(C)(C)C)n1. The van der Waals surface area contributed by atoms with Crippen LogP contribution in [0.1, 0.15) is 51.2 Å². The fraction of sp³-hybridized carbons (Fsp3) is 0.750. The average molecular weight is 227 g/mol. The van der Waals surface area contributed by atoms with Crippen LogP contribution >= 0.6 is 11.3 Å². The van der Waals surface area contributed by atoms with Gasteiger partial charge in [0.2, 0.25) is 0 Å². The van der Waals surface area contributed by atoms with Crippen LogP contribution in [0.15, 0.2) is 5.38 Å². The maximum atomic E-state index is 9.33.